The zero-order chi connectivity index (χ0) is 17.3. The number of carbonyl (C=O) groups excluding carboxylic acids is 1. The van der Waals surface area contributed by atoms with Crippen LogP contribution >= 0.6 is 11.3 Å². The number of anilines is 2. The van der Waals surface area contributed by atoms with E-state index in [0.29, 0.717) is 5.69 Å². The molecule has 6 nitrogen and oxygen atoms in total. The molecule has 0 spiro atoms. The minimum absolute atomic E-state index is 0.0179. The average Bonchev–Trinajstić information content (AvgIpc) is 2.86. The van der Waals surface area contributed by atoms with Crippen LogP contribution in [-0.2, 0) is 11.3 Å². The Bertz CT molecular complexity index is 959. The first-order chi connectivity index (χ1) is 11.4. The second kappa shape index (κ2) is 6.45. The van der Waals surface area contributed by atoms with E-state index < -0.39 is 0 Å². The first-order valence-corrected chi connectivity index (χ1v) is 8.35. The molecule has 7 heteroatoms. The van der Waals surface area contributed by atoms with Gasteiger partial charge in [-0.2, -0.15) is 0 Å². The van der Waals surface area contributed by atoms with Crippen molar-refractivity contribution in [3.05, 3.63) is 51.1 Å². The first-order valence-electron chi connectivity index (χ1n) is 7.47. The molecule has 124 valence electrons. The second-order valence-corrected chi connectivity index (χ2v) is 6.57. The zero-order valence-corrected chi connectivity index (χ0v) is 14.6. The van der Waals surface area contributed by atoms with Gasteiger partial charge >= 0.3 is 4.87 Å². The summed E-state index contributed by atoms with van der Waals surface area (Å²) in [5.41, 5.74) is 2.34. The highest BCUT2D eigenvalue weighted by Gasteiger charge is 2.09. The molecule has 0 aliphatic heterocycles. The van der Waals surface area contributed by atoms with Crippen LogP contribution in [0.3, 0.4) is 0 Å². The van der Waals surface area contributed by atoms with Gasteiger partial charge in [-0.3, -0.25) is 14.2 Å². The van der Waals surface area contributed by atoms with E-state index in [0.717, 1.165) is 33.8 Å². The number of carbonyl (C=O) groups is 1. The predicted molar refractivity (Wildman–Crippen MR) is 98.0 cm³/mol. The summed E-state index contributed by atoms with van der Waals surface area (Å²) in [5, 5.41) is 5.53. The summed E-state index contributed by atoms with van der Waals surface area (Å²) in [6.07, 6.45) is 0. The van der Waals surface area contributed by atoms with E-state index in [4.69, 9.17) is 0 Å². The molecule has 0 bridgehead atoms. The van der Waals surface area contributed by atoms with Crippen molar-refractivity contribution in [3.63, 3.8) is 0 Å². The molecule has 0 aliphatic rings. The van der Waals surface area contributed by atoms with Crippen molar-refractivity contribution in [2.45, 2.75) is 13.5 Å². The van der Waals surface area contributed by atoms with Crippen molar-refractivity contribution < 1.29 is 4.79 Å². The van der Waals surface area contributed by atoms with Crippen molar-refractivity contribution in [1.82, 2.24) is 9.55 Å². The molecule has 24 heavy (non-hydrogen) atoms. The summed E-state index contributed by atoms with van der Waals surface area (Å²) in [6.45, 7) is 1.83. The van der Waals surface area contributed by atoms with Crippen molar-refractivity contribution in [3.8, 4) is 0 Å². The third kappa shape index (κ3) is 3.30. The smallest absolute Gasteiger partial charge is 0.307 e. The Hall–Kier alpha value is -2.67. The van der Waals surface area contributed by atoms with Crippen molar-refractivity contribution in [1.29, 1.82) is 0 Å². The second-order valence-electron chi connectivity index (χ2n) is 5.75. The summed E-state index contributed by atoms with van der Waals surface area (Å²) >= 11 is 1.10. The van der Waals surface area contributed by atoms with Crippen molar-refractivity contribution in [2.75, 3.05) is 24.3 Å². The molecule has 0 saturated heterocycles. The van der Waals surface area contributed by atoms with Crippen LogP contribution < -0.4 is 15.1 Å². The number of thiazole rings is 1. The van der Waals surface area contributed by atoms with E-state index in [1.165, 1.54) is 4.57 Å². The van der Waals surface area contributed by atoms with Gasteiger partial charge in [0.2, 0.25) is 5.91 Å². The number of amides is 1. The molecule has 0 radical (unpaired) electrons. The van der Waals surface area contributed by atoms with E-state index in [1.807, 2.05) is 56.3 Å². The summed E-state index contributed by atoms with van der Waals surface area (Å²) < 4.78 is 1.46. The van der Waals surface area contributed by atoms with Gasteiger partial charge in [0.25, 0.3) is 0 Å². The van der Waals surface area contributed by atoms with Crippen LogP contribution in [0.15, 0.2) is 40.5 Å². The van der Waals surface area contributed by atoms with E-state index in [9.17, 15) is 9.59 Å². The third-order valence-electron chi connectivity index (χ3n) is 3.69. The Morgan fingerprint density at radius 2 is 2.08 bits per heavy atom. The molecule has 3 aromatic rings. The lowest BCUT2D eigenvalue weighted by Gasteiger charge is -2.12. The van der Waals surface area contributed by atoms with E-state index >= 15 is 0 Å². The third-order valence-corrected chi connectivity index (χ3v) is 4.58. The topological polar surface area (TPSA) is 67.2 Å². The number of aromatic nitrogens is 2. The Labute approximate surface area is 143 Å². The lowest BCUT2D eigenvalue weighted by Crippen LogP contribution is -2.25. The van der Waals surface area contributed by atoms with Crippen molar-refractivity contribution in [2.24, 2.45) is 0 Å². The number of pyridine rings is 1. The number of hydrogen-bond acceptors (Lipinski definition) is 5. The van der Waals surface area contributed by atoms with Gasteiger partial charge in [-0.05, 0) is 37.3 Å². The maximum Gasteiger partial charge on any atom is 0.307 e. The predicted octanol–water partition coefficient (Wildman–Crippen LogP) is 2.47. The van der Waals surface area contributed by atoms with Gasteiger partial charge in [0.15, 0.2) is 0 Å². The maximum absolute atomic E-state index is 12.2. The fourth-order valence-electron chi connectivity index (χ4n) is 2.38. The van der Waals surface area contributed by atoms with Crippen LogP contribution in [0, 0.1) is 6.92 Å². The van der Waals surface area contributed by atoms with E-state index in [2.05, 4.69) is 10.3 Å². The van der Waals surface area contributed by atoms with Gasteiger partial charge in [0.1, 0.15) is 12.4 Å². The molecule has 0 fully saturated rings. The van der Waals surface area contributed by atoms with Gasteiger partial charge in [-0.15, -0.1) is 0 Å². The Kier molecular flexibility index (Phi) is 4.35. The molecule has 0 aliphatic carbocycles. The largest absolute Gasteiger partial charge is 0.363 e. The summed E-state index contributed by atoms with van der Waals surface area (Å²) in [6, 6.07) is 9.47. The van der Waals surface area contributed by atoms with Crippen LogP contribution in [0.25, 0.3) is 10.9 Å². The monoisotopic (exact) mass is 342 g/mol. The number of hydrogen-bond donors (Lipinski definition) is 1. The number of nitrogens with zero attached hydrogens (tertiary/aromatic N) is 3. The molecule has 3 rings (SSSR count). The number of benzene rings is 1. The highest BCUT2D eigenvalue weighted by atomic mass is 32.1. The van der Waals surface area contributed by atoms with Gasteiger partial charge < -0.3 is 10.2 Å². The van der Waals surface area contributed by atoms with Crippen LogP contribution in [0.1, 0.15) is 5.69 Å². The Morgan fingerprint density at radius 1 is 1.29 bits per heavy atom. The van der Waals surface area contributed by atoms with Crippen LogP contribution in [0.4, 0.5) is 11.5 Å². The van der Waals surface area contributed by atoms with E-state index in [1.54, 1.807) is 5.38 Å². The van der Waals surface area contributed by atoms with Crippen molar-refractivity contribution >= 4 is 39.7 Å². The van der Waals surface area contributed by atoms with Gasteiger partial charge in [0.05, 0.1) is 5.52 Å². The molecule has 0 unspecified atom stereocenters. The summed E-state index contributed by atoms with van der Waals surface area (Å²) in [5.74, 6) is 0.655. The highest BCUT2D eigenvalue weighted by molar-refractivity contribution is 7.07. The molecule has 0 saturated carbocycles. The van der Waals surface area contributed by atoms with Crippen LogP contribution in [0.2, 0.25) is 0 Å². The number of fused-ring (bicyclic) bond motifs is 1. The number of nitrogens with one attached hydrogen (secondary N) is 1. The number of rotatable bonds is 4. The van der Waals surface area contributed by atoms with Crippen LogP contribution in [0.5, 0.6) is 0 Å². The normalized spacial score (nSPS) is 10.8. The quantitative estimate of drug-likeness (QED) is 0.791. The molecule has 1 N–H and O–H groups in total. The Balaban J connectivity index is 1.79. The van der Waals surface area contributed by atoms with Gasteiger partial charge in [0, 0.05) is 36.2 Å². The molecular weight excluding hydrogens is 324 g/mol. The SMILES string of the molecule is Cc1csc(=O)n1CC(=O)Nc1ccc2nc(N(C)C)ccc2c1. The average molecular weight is 342 g/mol. The zero-order valence-electron chi connectivity index (χ0n) is 13.7. The highest BCUT2D eigenvalue weighted by Crippen LogP contribution is 2.20. The van der Waals surface area contributed by atoms with Crippen LogP contribution in [-0.4, -0.2) is 29.6 Å². The molecule has 0 atom stereocenters. The molecule has 1 aromatic carbocycles. The van der Waals surface area contributed by atoms with E-state index in [-0.39, 0.29) is 17.3 Å². The minimum atomic E-state index is -0.226. The first kappa shape index (κ1) is 16.2. The molecule has 2 aromatic heterocycles. The lowest BCUT2D eigenvalue weighted by molar-refractivity contribution is -0.116. The fraction of sp³-hybridized carbons (Fsp3) is 0.235. The fourth-order valence-corrected chi connectivity index (χ4v) is 3.12. The number of aryl methyl sites for hydroxylation is 1. The standard InChI is InChI=1S/C17H18N4O2S/c1-11-10-24-17(23)21(11)9-16(22)18-13-5-6-14-12(8-13)4-7-15(19-14)20(2)3/h4-8,10H,9H2,1-3H3,(H,18,22). The molecular formula is C17H18N4O2S. The summed E-state index contributed by atoms with van der Waals surface area (Å²) in [7, 11) is 3.88. The maximum atomic E-state index is 12.2. The van der Waals surface area contributed by atoms with Gasteiger partial charge in [-0.25, -0.2) is 4.98 Å². The Morgan fingerprint density at radius 3 is 2.75 bits per heavy atom. The minimum Gasteiger partial charge on any atom is -0.363 e. The summed E-state index contributed by atoms with van der Waals surface area (Å²) in [4.78, 5) is 30.2. The molecule has 2 heterocycles. The lowest BCUT2D eigenvalue weighted by atomic mass is 10.2. The molecule has 1 amide bonds. The van der Waals surface area contributed by atoms with Gasteiger partial charge in [-0.1, -0.05) is 11.3 Å².